The van der Waals surface area contributed by atoms with Crippen molar-refractivity contribution in [2.75, 3.05) is 13.2 Å². The number of rotatable bonds is 7. The minimum absolute atomic E-state index is 0.171. The van der Waals surface area contributed by atoms with Crippen LogP contribution in [0.4, 0.5) is 0 Å². The maximum atomic E-state index is 11.3. The molecule has 0 aromatic heterocycles. The van der Waals surface area contributed by atoms with Crippen molar-refractivity contribution < 1.29 is 14.3 Å². The maximum Gasteiger partial charge on any atom is 0.226 e. The van der Waals surface area contributed by atoms with E-state index in [1.165, 1.54) is 0 Å². The van der Waals surface area contributed by atoms with E-state index in [4.69, 9.17) is 4.74 Å². The highest BCUT2D eigenvalue weighted by Crippen LogP contribution is 2.23. The van der Waals surface area contributed by atoms with Gasteiger partial charge in [-0.2, -0.15) is 0 Å². The van der Waals surface area contributed by atoms with Gasteiger partial charge in [0.05, 0.1) is 12.2 Å². The normalized spacial score (nSPS) is 15.5. The first-order valence-corrected chi connectivity index (χ1v) is 7.75. The number of carbonyl (C=O) groups is 2. The minimum atomic E-state index is -0.252. The molecule has 1 N–H and O–H groups in total. The summed E-state index contributed by atoms with van der Waals surface area (Å²) < 4.78 is 5.62. The van der Waals surface area contributed by atoms with Crippen LogP contribution in [0.15, 0.2) is 36.3 Å². The number of carbonyl (C=O) groups excluding carboxylic acids is 2. The molecule has 0 radical (unpaired) electrons. The number of nitrogens with zero attached hydrogens (tertiary/aromatic N) is 1. The number of amides is 2. The number of hydrogen-bond acceptors (Lipinski definition) is 4. The van der Waals surface area contributed by atoms with Crippen molar-refractivity contribution in [1.29, 1.82) is 0 Å². The van der Waals surface area contributed by atoms with Gasteiger partial charge in [-0.1, -0.05) is 26.5 Å². The molecule has 0 aliphatic carbocycles. The number of ether oxygens (including phenoxy) is 1. The van der Waals surface area contributed by atoms with E-state index >= 15 is 0 Å². The molecule has 2 amide bonds. The van der Waals surface area contributed by atoms with E-state index < -0.39 is 0 Å². The van der Waals surface area contributed by atoms with E-state index in [2.05, 4.69) is 23.7 Å². The molecule has 1 heterocycles. The summed E-state index contributed by atoms with van der Waals surface area (Å²) in [6.07, 6.45) is 7.01. The van der Waals surface area contributed by atoms with Gasteiger partial charge in [-0.3, -0.25) is 14.9 Å². The van der Waals surface area contributed by atoms with E-state index in [1.54, 1.807) is 6.08 Å². The molecular weight excluding hydrogens is 280 g/mol. The van der Waals surface area contributed by atoms with Gasteiger partial charge in [-0.15, -0.1) is 0 Å². The lowest BCUT2D eigenvalue weighted by Crippen LogP contribution is -2.39. The summed E-state index contributed by atoms with van der Waals surface area (Å²) in [5.74, 6) is 0.552. The highest BCUT2D eigenvalue weighted by Gasteiger charge is 2.22. The summed E-state index contributed by atoms with van der Waals surface area (Å²) in [6, 6.07) is 0.171. The topological polar surface area (TPSA) is 58.6 Å². The first-order chi connectivity index (χ1) is 10.6. The molecule has 22 heavy (non-hydrogen) atoms. The monoisotopic (exact) mass is 308 g/mol. The Labute approximate surface area is 133 Å². The van der Waals surface area contributed by atoms with Gasteiger partial charge < -0.3 is 9.64 Å². The average molecular weight is 308 g/mol. The lowest BCUT2D eigenvalue weighted by molar-refractivity contribution is -0.125. The first kappa shape index (κ1) is 20.0. The molecule has 0 saturated carbocycles. The van der Waals surface area contributed by atoms with Crippen molar-refractivity contribution in [3.63, 3.8) is 0 Å². The second-order valence-electron chi connectivity index (χ2n) is 4.57. The SMILES string of the molecule is C=CC1=C(/C=C\C)OCCN1C(C)CCC(=O)NC=O.CC. The van der Waals surface area contributed by atoms with Crippen LogP contribution in [0.5, 0.6) is 0 Å². The van der Waals surface area contributed by atoms with E-state index in [1.807, 2.05) is 32.9 Å². The molecule has 0 saturated heterocycles. The van der Waals surface area contributed by atoms with Crippen molar-refractivity contribution in [1.82, 2.24) is 10.2 Å². The van der Waals surface area contributed by atoms with Crippen LogP contribution in [0.25, 0.3) is 0 Å². The van der Waals surface area contributed by atoms with Gasteiger partial charge in [0.1, 0.15) is 12.4 Å². The summed E-state index contributed by atoms with van der Waals surface area (Å²) >= 11 is 0. The minimum Gasteiger partial charge on any atom is -0.490 e. The molecule has 5 nitrogen and oxygen atoms in total. The van der Waals surface area contributed by atoms with Crippen LogP contribution in [0.3, 0.4) is 0 Å². The standard InChI is InChI=1S/C15H22N2O3.C2H6/c1-4-6-14-13(5-2)17(9-10-20-14)12(3)7-8-15(19)16-11-18;1-2/h4-6,11-12H,2,7-10H2,1,3H3,(H,16,18,19);1-2H3/b6-4-;. The van der Waals surface area contributed by atoms with Crippen molar-refractivity contribution >= 4 is 12.3 Å². The molecular formula is C17H28N2O3. The molecule has 1 unspecified atom stereocenters. The number of nitrogens with one attached hydrogen (secondary N) is 1. The highest BCUT2D eigenvalue weighted by atomic mass is 16.5. The lowest BCUT2D eigenvalue weighted by Gasteiger charge is -2.36. The molecule has 0 aromatic carbocycles. The van der Waals surface area contributed by atoms with Crippen LogP contribution in [0, 0.1) is 0 Å². The number of hydrogen-bond donors (Lipinski definition) is 1. The molecule has 124 valence electrons. The molecule has 1 aliphatic heterocycles. The van der Waals surface area contributed by atoms with E-state index in [-0.39, 0.29) is 11.9 Å². The average Bonchev–Trinajstić information content (AvgIpc) is 2.55. The summed E-state index contributed by atoms with van der Waals surface area (Å²) in [4.78, 5) is 23.7. The van der Waals surface area contributed by atoms with Gasteiger partial charge in [0.25, 0.3) is 0 Å². The quantitative estimate of drug-likeness (QED) is 0.735. The Morgan fingerprint density at radius 3 is 2.73 bits per heavy atom. The zero-order valence-corrected chi connectivity index (χ0v) is 14.1. The fourth-order valence-electron chi connectivity index (χ4n) is 2.18. The third kappa shape index (κ3) is 6.16. The lowest BCUT2D eigenvalue weighted by atomic mass is 10.1. The third-order valence-corrected chi connectivity index (χ3v) is 3.20. The summed E-state index contributed by atoms with van der Waals surface area (Å²) in [7, 11) is 0. The van der Waals surface area contributed by atoms with Gasteiger partial charge >= 0.3 is 0 Å². The first-order valence-electron chi connectivity index (χ1n) is 7.75. The Hall–Kier alpha value is -2.04. The largest absolute Gasteiger partial charge is 0.490 e. The molecule has 0 aromatic rings. The predicted octanol–water partition coefficient (Wildman–Crippen LogP) is 2.76. The molecule has 0 bridgehead atoms. The summed E-state index contributed by atoms with van der Waals surface area (Å²) in [5.41, 5.74) is 0.942. The molecule has 1 atom stereocenters. The van der Waals surface area contributed by atoms with E-state index in [0.717, 1.165) is 18.0 Å². The highest BCUT2D eigenvalue weighted by molar-refractivity contribution is 5.85. The van der Waals surface area contributed by atoms with Crippen LogP contribution in [-0.2, 0) is 14.3 Å². The smallest absolute Gasteiger partial charge is 0.226 e. The van der Waals surface area contributed by atoms with Crippen LogP contribution < -0.4 is 5.32 Å². The third-order valence-electron chi connectivity index (χ3n) is 3.20. The van der Waals surface area contributed by atoms with E-state index in [9.17, 15) is 9.59 Å². The number of allylic oxidation sites excluding steroid dienone is 3. The van der Waals surface area contributed by atoms with Crippen molar-refractivity contribution in [2.24, 2.45) is 0 Å². The molecule has 1 aliphatic rings. The second kappa shape index (κ2) is 11.6. The molecule has 0 spiro atoms. The Bertz CT molecular complexity index is 428. The van der Waals surface area contributed by atoms with Gasteiger partial charge in [0.15, 0.2) is 0 Å². The van der Waals surface area contributed by atoms with Crippen molar-refractivity contribution in [3.05, 3.63) is 36.3 Å². The van der Waals surface area contributed by atoms with Crippen LogP contribution >= 0.6 is 0 Å². The fourth-order valence-corrected chi connectivity index (χ4v) is 2.18. The molecule has 5 heteroatoms. The zero-order valence-electron chi connectivity index (χ0n) is 14.1. The van der Waals surface area contributed by atoms with Gasteiger partial charge in [0, 0.05) is 12.5 Å². The van der Waals surface area contributed by atoms with Gasteiger partial charge in [-0.25, -0.2) is 0 Å². The maximum absolute atomic E-state index is 11.3. The zero-order chi connectivity index (χ0) is 17.0. The Morgan fingerprint density at radius 2 is 2.18 bits per heavy atom. The summed E-state index contributed by atoms with van der Waals surface area (Å²) in [5, 5.41) is 2.15. The van der Waals surface area contributed by atoms with Crippen molar-refractivity contribution in [2.45, 2.75) is 46.6 Å². The Morgan fingerprint density at radius 1 is 1.50 bits per heavy atom. The van der Waals surface area contributed by atoms with Crippen LogP contribution in [-0.4, -0.2) is 36.4 Å². The van der Waals surface area contributed by atoms with Crippen molar-refractivity contribution in [3.8, 4) is 0 Å². The molecule has 0 fully saturated rings. The fraction of sp³-hybridized carbons (Fsp3) is 0.529. The second-order valence-corrected chi connectivity index (χ2v) is 4.57. The summed E-state index contributed by atoms with van der Waals surface area (Å²) in [6.45, 7) is 13.2. The Balaban J connectivity index is 0.00000211. The van der Waals surface area contributed by atoms with Gasteiger partial charge in [0.2, 0.25) is 12.3 Å². The van der Waals surface area contributed by atoms with E-state index in [0.29, 0.717) is 25.9 Å². The predicted molar refractivity (Wildman–Crippen MR) is 88.9 cm³/mol. The molecule has 1 rings (SSSR count). The number of imide groups is 1. The van der Waals surface area contributed by atoms with Crippen LogP contribution in [0.1, 0.15) is 40.5 Å². The Kier molecular flexibility index (Phi) is 10.5. The van der Waals surface area contributed by atoms with Crippen LogP contribution in [0.2, 0.25) is 0 Å². The van der Waals surface area contributed by atoms with Gasteiger partial charge in [-0.05, 0) is 32.4 Å².